The summed E-state index contributed by atoms with van der Waals surface area (Å²) >= 11 is 7.37. The van der Waals surface area contributed by atoms with Gasteiger partial charge in [0.05, 0.1) is 12.0 Å². The summed E-state index contributed by atoms with van der Waals surface area (Å²) in [6, 6.07) is 12.6. The van der Waals surface area contributed by atoms with E-state index in [1.165, 1.54) is 24.3 Å². The number of ether oxygens (including phenoxy) is 1. The molecule has 0 aliphatic carbocycles. The van der Waals surface area contributed by atoms with Gasteiger partial charge < -0.3 is 10.1 Å². The first kappa shape index (κ1) is 23.5. The number of carbonyl (C=O) groups is 1. The summed E-state index contributed by atoms with van der Waals surface area (Å²) in [5.41, 5.74) is 1.05. The molecule has 2 N–H and O–H groups in total. The molecule has 0 aliphatic rings. The molecule has 1 amide bonds. The van der Waals surface area contributed by atoms with E-state index in [0.29, 0.717) is 30.2 Å². The molecule has 0 saturated heterocycles. The van der Waals surface area contributed by atoms with Crippen LogP contribution in [0.4, 0.5) is 0 Å². The highest BCUT2D eigenvalue weighted by molar-refractivity contribution is 7.98. The average Bonchev–Trinajstić information content (AvgIpc) is 2.71. The second-order valence-corrected chi connectivity index (χ2v) is 9.43. The maximum absolute atomic E-state index is 12.6. The molecule has 0 spiro atoms. The summed E-state index contributed by atoms with van der Waals surface area (Å²) in [5.74, 6) is 1.08. The number of amides is 1. The van der Waals surface area contributed by atoms with Gasteiger partial charge in [-0.1, -0.05) is 23.7 Å². The molecular formula is C20H25ClN2O4S2. The van der Waals surface area contributed by atoms with Crippen LogP contribution in [-0.4, -0.2) is 46.0 Å². The van der Waals surface area contributed by atoms with Crippen LogP contribution in [0.5, 0.6) is 5.75 Å². The Morgan fingerprint density at radius 2 is 1.79 bits per heavy atom. The zero-order chi connectivity index (χ0) is 21.3. The van der Waals surface area contributed by atoms with Crippen LogP contribution in [0.2, 0.25) is 5.02 Å². The van der Waals surface area contributed by atoms with E-state index in [-0.39, 0.29) is 10.8 Å². The van der Waals surface area contributed by atoms with Crippen molar-refractivity contribution in [3.05, 3.63) is 59.1 Å². The highest BCUT2D eigenvalue weighted by Gasteiger charge is 2.25. The molecule has 1 unspecified atom stereocenters. The monoisotopic (exact) mass is 456 g/mol. The van der Waals surface area contributed by atoms with E-state index in [4.69, 9.17) is 16.3 Å². The Morgan fingerprint density at radius 3 is 2.38 bits per heavy atom. The van der Waals surface area contributed by atoms with Gasteiger partial charge in [-0.3, -0.25) is 4.79 Å². The minimum Gasteiger partial charge on any atom is -0.497 e. The number of methoxy groups -OCH3 is 1. The quantitative estimate of drug-likeness (QED) is 0.542. The van der Waals surface area contributed by atoms with E-state index in [0.717, 1.165) is 11.3 Å². The van der Waals surface area contributed by atoms with Crippen molar-refractivity contribution >= 4 is 39.3 Å². The third-order valence-corrected chi connectivity index (χ3v) is 6.60. The van der Waals surface area contributed by atoms with Gasteiger partial charge in [0.1, 0.15) is 11.8 Å². The molecule has 2 aromatic rings. The Labute approximate surface area is 181 Å². The molecular weight excluding hydrogens is 432 g/mol. The van der Waals surface area contributed by atoms with Gasteiger partial charge in [-0.05, 0) is 66.8 Å². The summed E-state index contributed by atoms with van der Waals surface area (Å²) in [7, 11) is -2.22. The first-order chi connectivity index (χ1) is 13.9. The first-order valence-corrected chi connectivity index (χ1v) is 12.3. The number of nitrogens with one attached hydrogen (secondary N) is 2. The molecule has 0 aliphatic heterocycles. The van der Waals surface area contributed by atoms with Gasteiger partial charge in [0.15, 0.2) is 0 Å². The fraction of sp³-hybridized carbons (Fsp3) is 0.350. The Hall–Kier alpha value is -1.74. The van der Waals surface area contributed by atoms with E-state index in [1.54, 1.807) is 18.9 Å². The molecule has 6 nitrogen and oxygen atoms in total. The first-order valence-electron chi connectivity index (χ1n) is 9.03. The molecule has 9 heteroatoms. The van der Waals surface area contributed by atoms with Gasteiger partial charge in [0.25, 0.3) is 0 Å². The van der Waals surface area contributed by atoms with E-state index in [2.05, 4.69) is 10.0 Å². The molecule has 0 bridgehead atoms. The minimum atomic E-state index is -3.83. The number of thioether (sulfide) groups is 1. The largest absolute Gasteiger partial charge is 0.497 e. The van der Waals surface area contributed by atoms with Crippen LogP contribution >= 0.6 is 23.4 Å². The molecule has 0 heterocycles. The Morgan fingerprint density at radius 1 is 1.14 bits per heavy atom. The van der Waals surface area contributed by atoms with Gasteiger partial charge in [0, 0.05) is 11.6 Å². The Bertz CT molecular complexity index is 888. The van der Waals surface area contributed by atoms with Crippen molar-refractivity contribution in [2.75, 3.05) is 25.7 Å². The van der Waals surface area contributed by atoms with Crippen LogP contribution in [0.15, 0.2) is 53.4 Å². The third-order valence-electron chi connectivity index (χ3n) is 4.22. The van der Waals surface area contributed by atoms with Crippen LogP contribution in [0.25, 0.3) is 0 Å². The predicted molar refractivity (Wildman–Crippen MR) is 118 cm³/mol. The zero-order valence-corrected chi connectivity index (χ0v) is 18.7. The van der Waals surface area contributed by atoms with Crippen molar-refractivity contribution < 1.29 is 17.9 Å². The number of carbonyl (C=O) groups excluding carboxylic acids is 1. The summed E-state index contributed by atoms with van der Waals surface area (Å²) < 4.78 is 32.9. The lowest BCUT2D eigenvalue weighted by molar-refractivity contribution is -0.122. The molecule has 2 aromatic carbocycles. The van der Waals surface area contributed by atoms with Gasteiger partial charge in [-0.25, -0.2) is 8.42 Å². The lowest BCUT2D eigenvalue weighted by Gasteiger charge is -2.18. The van der Waals surface area contributed by atoms with Crippen LogP contribution in [0.3, 0.4) is 0 Å². The molecule has 0 saturated carbocycles. The summed E-state index contributed by atoms with van der Waals surface area (Å²) in [6.07, 6.45) is 2.93. The maximum Gasteiger partial charge on any atom is 0.241 e. The maximum atomic E-state index is 12.6. The highest BCUT2D eigenvalue weighted by atomic mass is 35.5. The zero-order valence-electron chi connectivity index (χ0n) is 16.4. The third kappa shape index (κ3) is 7.54. The predicted octanol–water partition coefficient (Wildman–Crippen LogP) is 3.11. The lowest BCUT2D eigenvalue weighted by atomic mass is 10.1. The number of sulfonamides is 1. The van der Waals surface area contributed by atoms with Crippen molar-refractivity contribution in [1.82, 2.24) is 10.0 Å². The van der Waals surface area contributed by atoms with E-state index in [1.807, 2.05) is 30.5 Å². The molecule has 0 aromatic heterocycles. The lowest BCUT2D eigenvalue weighted by Crippen LogP contribution is -2.47. The average molecular weight is 457 g/mol. The second-order valence-electron chi connectivity index (χ2n) is 6.30. The number of hydrogen-bond donors (Lipinski definition) is 2. The number of rotatable bonds is 11. The molecule has 2 rings (SSSR count). The fourth-order valence-corrected chi connectivity index (χ4v) is 4.42. The molecule has 0 radical (unpaired) electrons. The van der Waals surface area contributed by atoms with Gasteiger partial charge in [-0.2, -0.15) is 16.5 Å². The summed E-state index contributed by atoms with van der Waals surface area (Å²) in [6.45, 7) is 0.406. The summed E-state index contributed by atoms with van der Waals surface area (Å²) in [4.78, 5) is 12.7. The van der Waals surface area contributed by atoms with Crippen LogP contribution in [0, 0.1) is 0 Å². The van der Waals surface area contributed by atoms with Crippen molar-refractivity contribution in [1.29, 1.82) is 0 Å². The van der Waals surface area contributed by atoms with Crippen molar-refractivity contribution in [3.8, 4) is 5.75 Å². The second kappa shape index (κ2) is 11.4. The Kier molecular flexibility index (Phi) is 9.29. The number of halogens is 1. The fourth-order valence-electron chi connectivity index (χ4n) is 2.59. The van der Waals surface area contributed by atoms with Gasteiger partial charge in [0.2, 0.25) is 15.9 Å². The van der Waals surface area contributed by atoms with E-state index in [9.17, 15) is 13.2 Å². The molecule has 0 fully saturated rings. The minimum absolute atomic E-state index is 0.0714. The SMILES string of the molecule is COc1ccc(CCNC(=O)C(CCSC)NS(=O)(=O)c2ccc(Cl)cc2)cc1. The summed E-state index contributed by atoms with van der Waals surface area (Å²) in [5, 5.41) is 3.27. The molecule has 1 atom stereocenters. The van der Waals surface area contributed by atoms with E-state index >= 15 is 0 Å². The van der Waals surface area contributed by atoms with Crippen molar-refractivity contribution in [3.63, 3.8) is 0 Å². The number of benzene rings is 2. The van der Waals surface area contributed by atoms with Crippen molar-refractivity contribution in [2.45, 2.75) is 23.8 Å². The standard InChI is InChI=1S/C20H25ClN2O4S2/c1-27-17-7-3-15(4-8-17)11-13-22-20(24)19(12-14-28-2)23-29(25,26)18-9-5-16(21)6-10-18/h3-10,19,23H,11-14H2,1-2H3,(H,22,24). The molecule has 158 valence electrons. The topological polar surface area (TPSA) is 84.5 Å². The Balaban J connectivity index is 1.98. The van der Waals surface area contributed by atoms with Crippen molar-refractivity contribution in [2.24, 2.45) is 0 Å². The molecule has 29 heavy (non-hydrogen) atoms. The van der Waals surface area contributed by atoms with Crippen LogP contribution < -0.4 is 14.8 Å². The number of hydrogen-bond acceptors (Lipinski definition) is 5. The smallest absolute Gasteiger partial charge is 0.241 e. The van der Waals surface area contributed by atoms with E-state index < -0.39 is 16.1 Å². The van der Waals surface area contributed by atoms with Crippen LogP contribution in [0.1, 0.15) is 12.0 Å². The van der Waals surface area contributed by atoms with Gasteiger partial charge in [-0.15, -0.1) is 0 Å². The normalized spacial score (nSPS) is 12.4. The van der Waals surface area contributed by atoms with Crippen LogP contribution in [-0.2, 0) is 21.2 Å². The highest BCUT2D eigenvalue weighted by Crippen LogP contribution is 2.15. The van der Waals surface area contributed by atoms with Gasteiger partial charge >= 0.3 is 0 Å².